The summed E-state index contributed by atoms with van der Waals surface area (Å²) in [4.78, 5) is 17.2. The van der Waals surface area contributed by atoms with Crippen LogP contribution in [0.3, 0.4) is 0 Å². The number of urea groups is 1. The molecule has 1 unspecified atom stereocenters. The van der Waals surface area contributed by atoms with E-state index in [9.17, 15) is 4.79 Å². The van der Waals surface area contributed by atoms with Crippen molar-refractivity contribution in [3.05, 3.63) is 64.7 Å². The zero-order chi connectivity index (χ0) is 18.8. The standard InChI is InChI=1S/C22H26ClN3O/c1-16-14-18-4-2-3-5-21(18)26(16)22(27)24-20-10-12-25(13-11-20)15-17-6-8-19(23)9-7-17/h2-9,16,20H,10-15H2,1H3,(H,24,27). The Bertz CT molecular complexity index is 799. The van der Waals surface area contributed by atoms with Crippen LogP contribution in [0.1, 0.15) is 30.9 Å². The Morgan fingerprint density at radius 2 is 1.81 bits per heavy atom. The van der Waals surface area contributed by atoms with Crippen LogP contribution in [0.2, 0.25) is 5.02 Å². The molecule has 2 heterocycles. The molecule has 2 amide bonds. The third-order valence-corrected chi connectivity index (χ3v) is 5.91. The summed E-state index contributed by atoms with van der Waals surface area (Å²) < 4.78 is 0. The van der Waals surface area contributed by atoms with Crippen molar-refractivity contribution in [3.63, 3.8) is 0 Å². The molecule has 1 fully saturated rings. The molecule has 5 heteroatoms. The highest BCUT2D eigenvalue weighted by Crippen LogP contribution is 2.32. The first kappa shape index (κ1) is 18.3. The van der Waals surface area contributed by atoms with Gasteiger partial charge in [0.05, 0.1) is 0 Å². The van der Waals surface area contributed by atoms with Gasteiger partial charge in [-0.05, 0) is 55.5 Å². The number of fused-ring (bicyclic) bond motifs is 1. The minimum absolute atomic E-state index is 0.0450. The van der Waals surface area contributed by atoms with Crippen molar-refractivity contribution >= 4 is 23.3 Å². The summed E-state index contributed by atoms with van der Waals surface area (Å²) in [6, 6.07) is 16.8. The minimum Gasteiger partial charge on any atom is -0.335 e. The Hall–Kier alpha value is -2.04. The van der Waals surface area contributed by atoms with Gasteiger partial charge in [-0.2, -0.15) is 0 Å². The number of para-hydroxylation sites is 1. The van der Waals surface area contributed by atoms with Gasteiger partial charge in [-0.15, -0.1) is 0 Å². The van der Waals surface area contributed by atoms with E-state index in [1.54, 1.807) is 0 Å². The Morgan fingerprint density at radius 1 is 1.11 bits per heavy atom. The van der Waals surface area contributed by atoms with Gasteiger partial charge in [0.2, 0.25) is 0 Å². The van der Waals surface area contributed by atoms with E-state index in [1.807, 2.05) is 35.2 Å². The van der Waals surface area contributed by atoms with Crippen LogP contribution in [-0.2, 0) is 13.0 Å². The number of carbonyl (C=O) groups is 1. The predicted molar refractivity (Wildman–Crippen MR) is 110 cm³/mol. The van der Waals surface area contributed by atoms with Gasteiger partial charge in [0, 0.05) is 42.4 Å². The average Bonchev–Trinajstić information content (AvgIpc) is 3.01. The van der Waals surface area contributed by atoms with E-state index in [-0.39, 0.29) is 18.1 Å². The topological polar surface area (TPSA) is 35.6 Å². The number of nitrogens with zero attached hydrogens (tertiary/aromatic N) is 2. The van der Waals surface area contributed by atoms with E-state index < -0.39 is 0 Å². The lowest BCUT2D eigenvalue weighted by molar-refractivity contribution is 0.188. The van der Waals surface area contributed by atoms with Gasteiger partial charge in [0.15, 0.2) is 0 Å². The number of rotatable bonds is 3. The molecule has 2 aliphatic rings. The zero-order valence-electron chi connectivity index (χ0n) is 15.7. The van der Waals surface area contributed by atoms with Crippen LogP contribution in [0.5, 0.6) is 0 Å². The smallest absolute Gasteiger partial charge is 0.322 e. The van der Waals surface area contributed by atoms with Crippen molar-refractivity contribution in [1.29, 1.82) is 0 Å². The number of likely N-dealkylation sites (tertiary alicyclic amines) is 1. The van der Waals surface area contributed by atoms with Crippen LogP contribution in [-0.4, -0.2) is 36.1 Å². The van der Waals surface area contributed by atoms with Crippen LogP contribution < -0.4 is 10.2 Å². The Balaban J connectivity index is 1.30. The maximum atomic E-state index is 12.9. The average molecular weight is 384 g/mol. The summed E-state index contributed by atoms with van der Waals surface area (Å²) in [6.45, 7) is 5.06. The van der Waals surface area contributed by atoms with Gasteiger partial charge in [-0.1, -0.05) is 41.9 Å². The van der Waals surface area contributed by atoms with Crippen molar-refractivity contribution in [2.45, 2.75) is 44.8 Å². The summed E-state index contributed by atoms with van der Waals surface area (Å²) in [6.07, 6.45) is 2.91. The molecule has 1 atom stereocenters. The molecular formula is C22H26ClN3O. The largest absolute Gasteiger partial charge is 0.335 e. The first-order valence-electron chi connectivity index (χ1n) is 9.74. The molecule has 27 heavy (non-hydrogen) atoms. The molecule has 0 aromatic heterocycles. The number of amides is 2. The molecule has 0 spiro atoms. The molecule has 4 rings (SSSR count). The summed E-state index contributed by atoms with van der Waals surface area (Å²) in [5, 5.41) is 4.04. The third kappa shape index (κ3) is 4.12. The molecule has 1 saturated heterocycles. The molecule has 1 N–H and O–H groups in total. The Labute approximate surface area is 166 Å². The second kappa shape index (κ2) is 7.91. The van der Waals surface area contributed by atoms with Crippen LogP contribution in [0.4, 0.5) is 10.5 Å². The quantitative estimate of drug-likeness (QED) is 0.849. The van der Waals surface area contributed by atoms with Gasteiger partial charge in [0.1, 0.15) is 0 Å². The minimum atomic E-state index is 0.0450. The third-order valence-electron chi connectivity index (χ3n) is 5.66. The number of hydrogen-bond donors (Lipinski definition) is 1. The summed E-state index contributed by atoms with van der Waals surface area (Å²) in [5.74, 6) is 0. The fourth-order valence-electron chi connectivity index (χ4n) is 4.20. The molecule has 0 radical (unpaired) electrons. The SMILES string of the molecule is CC1Cc2ccccc2N1C(=O)NC1CCN(Cc2ccc(Cl)cc2)CC1. The second-order valence-electron chi connectivity index (χ2n) is 7.68. The summed E-state index contributed by atoms with van der Waals surface area (Å²) in [7, 11) is 0. The molecule has 0 bridgehead atoms. The number of halogens is 1. The Morgan fingerprint density at radius 3 is 2.56 bits per heavy atom. The number of piperidine rings is 1. The molecule has 142 valence electrons. The second-order valence-corrected chi connectivity index (χ2v) is 8.11. The zero-order valence-corrected chi connectivity index (χ0v) is 16.5. The van der Waals surface area contributed by atoms with E-state index >= 15 is 0 Å². The van der Waals surface area contributed by atoms with Crippen LogP contribution in [0.15, 0.2) is 48.5 Å². The fourth-order valence-corrected chi connectivity index (χ4v) is 4.33. The highest BCUT2D eigenvalue weighted by atomic mass is 35.5. The van der Waals surface area contributed by atoms with Crippen LogP contribution in [0.25, 0.3) is 0 Å². The van der Waals surface area contributed by atoms with Gasteiger partial charge in [-0.25, -0.2) is 4.79 Å². The van der Waals surface area contributed by atoms with Crippen molar-refractivity contribution < 1.29 is 4.79 Å². The molecule has 2 aromatic rings. The van der Waals surface area contributed by atoms with E-state index in [2.05, 4.69) is 35.3 Å². The van der Waals surface area contributed by atoms with Crippen molar-refractivity contribution in [2.24, 2.45) is 0 Å². The summed E-state index contributed by atoms with van der Waals surface area (Å²) in [5.41, 5.74) is 3.60. The molecular weight excluding hydrogens is 358 g/mol. The van der Waals surface area contributed by atoms with Crippen molar-refractivity contribution in [3.8, 4) is 0 Å². The highest BCUT2D eigenvalue weighted by Gasteiger charge is 2.32. The monoisotopic (exact) mass is 383 g/mol. The maximum absolute atomic E-state index is 12.9. The fraction of sp³-hybridized carbons (Fsp3) is 0.409. The van der Waals surface area contributed by atoms with Crippen molar-refractivity contribution in [2.75, 3.05) is 18.0 Å². The number of carbonyl (C=O) groups excluding carboxylic acids is 1. The van der Waals surface area contributed by atoms with Gasteiger partial charge < -0.3 is 5.32 Å². The van der Waals surface area contributed by atoms with E-state index in [1.165, 1.54) is 11.1 Å². The lowest BCUT2D eigenvalue weighted by atomic mass is 10.0. The van der Waals surface area contributed by atoms with E-state index in [4.69, 9.17) is 11.6 Å². The summed E-state index contributed by atoms with van der Waals surface area (Å²) >= 11 is 5.96. The van der Waals surface area contributed by atoms with E-state index in [0.29, 0.717) is 0 Å². The number of benzene rings is 2. The highest BCUT2D eigenvalue weighted by molar-refractivity contribution is 6.30. The Kier molecular flexibility index (Phi) is 5.37. The maximum Gasteiger partial charge on any atom is 0.322 e. The van der Waals surface area contributed by atoms with Gasteiger partial charge in [-0.3, -0.25) is 9.80 Å². The normalized spacial score (nSPS) is 20.5. The van der Waals surface area contributed by atoms with Crippen LogP contribution >= 0.6 is 11.6 Å². The number of hydrogen-bond acceptors (Lipinski definition) is 2. The predicted octanol–water partition coefficient (Wildman–Crippen LogP) is 4.47. The molecule has 4 nitrogen and oxygen atoms in total. The van der Waals surface area contributed by atoms with Gasteiger partial charge in [0.25, 0.3) is 0 Å². The van der Waals surface area contributed by atoms with Crippen molar-refractivity contribution in [1.82, 2.24) is 10.2 Å². The molecule has 0 aliphatic carbocycles. The lowest BCUT2D eigenvalue weighted by Gasteiger charge is -2.34. The number of nitrogens with one attached hydrogen (secondary N) is 1. The molecule has 2 aromatic carbocycles. The first-order chi connectivity index (χ1) is 13.1. The van der Waals surface area contributed by atoms with E-state index in [0.717, 1.165) is 49.6 Å². The molecule has 2 aliphatic heterocycles. The number of anilines is 1. The molecule has 0 saturated carbocycles. The van der Waals surface area contributed by atoms with Gasteiger partial charge >= 0.3 is 6.03 Å². The van der Waals surface area contributed by atoms with Crippen LogP contribution in [0, 0.1) is 0 Å². The lowest BCUT2D eigenvalue weighted by Crippen LogP contribution is -2.50. The first-order valence-corrected chi connectivity index (χ1v) is 10.1.